The molecule has 8 heteroatoms. The second kappa shape index (κ2) is 13.1. The molecule has 1 aliphatic rings. The molecule has 1 heterocycles. The van der Waals surface area contributed by atoms with Gasteiger partial charge >= 0.3 is 0 Å². The minimum absolute atomic E-state index is 0. The van der Waals surface area contributed by atoms with Gasteiger partial charge in [-0.1, -0.05) is 35.9 Å². The van der Waals surface area contributed by atoms with Crippen LogP contribution >= 0.6 is 47.3 Å². The Labute approximate surface area is 205 Å². The Morgan fingerprint density at radius 1 is 1.17 bits per heavy atom. The Morgan fingerprint density at radius 2 is 1.93 bits per heavy atom. The van der Waals surface area contributed by atoms with Crippen molar-refractivity contribution in [1.29, 1.82) is 0 Å². The summed E-state index contributed by atoms with van der Waals surface area (Å²) in [7, 11) is 1.77. The number of carbonyl (C=O) groups excluding carboxylic acids is 1. The smallest absolute Gasteiger partial charge is 0.222 e. The van der Waals surface area contributed by atoms with Crippen molar-refractivity contribution in [3.63, 3.8) is 0 Å². The predicted molar refractivity (Wildman–Crippen MR) is 137 cm³/mol. The molecule has 0 bridgehead atoms. The normalized spacial score (nSPS) is 13.9. The molecule has 1 saturated heterocycles. The van der Waals surface area contributed by atoms with E-state index in [0.29, 0.717) is 19.5 Å². The van der Waals surface area contributed by atoms with Crippen LogP contribution in [0.1, 0.15) is 24.0 Å². The SMILES string of the molecule is CN=C(NCCSc1ccc(Cl)cc1)NCc1cccc(CN2CCCC2=O)c1.I. The molecule has 1 aliphatic heterocycles. The highest BCUT2D eigenvalue weighted by molar-refractivity contribution is 14.0. The Bertz CT molecular complexity index is 847. The van der Waals surface area contributed by atoms with Gasteiger partial charge in [-0.3, -0.25) is 9.79 Å². The van der Waals surface area contributed by atoms with Gasteiger partial charge in [-0.05, 0) is 41.8 Å². The summed E-state index contributed by atoms with van der Waals surface area (Å²) in [4.78, 5) is 19.3. The summed E-state index contributed by atoms with van der Waals surface area (Å²) in [6, 6.07) is 16.2. The van der Waals surface area contributed by atoms with Crippen LogP contribution in [0.3, 0.4) is 0 Å². The largest absolute Gasteiger partial charge is 0.356 e. The molecule has 3 rings (SSSR count). The van der Waals surface area contributed by atoms with E-state index >= 15 is 0 Å². The van der Waals surface area contributed by atoms with Crippen molar-refractivity contribution in [3.05, 3.63) is 64.7 Å². The van der Waals surface area contributed by atoms with Crippen molar-refractivity contribution in [2.75, 3.05) is 25.9 Å². The van der Waals surface area contributed by atoms with Crippen LogP contribution in [0.5, 0.6) is 0 Å². The van der Waals surface area contributed by atoms with Crippen LogP contribution in [0.4, 0.5) is 0 Å². The van der Waals surface area contributed by atoms with Gasteiger partial charge in [0.1, 0.15) is 0 Å². The van der Waals surface area contributed by atoms with E-state index in [0.717, 1.165) is 36.2 Å². The Balaban J connectivity index is 0.00000320. The molecule has 0 aromatic heterocycles. The standard InChI is InChI=1S/C22H27ClN4OS.HI/c1-24-22(25-11-13-29-20-9-7-19(23)8-10-20)26-15-17-4-2-5-18(14-17)16-27-12-3-6-21(27)28;/h2,4-5,7-10,14H,3,6,11-13,15-16H2,1H3,(H2,24,25,26);1H. The molecule has 0 spiro atoms. The molecule has 1 fully saturated rings. The number of aliphatic imine (C=N–C) groups is 1. The molecule has 30 heavy (non-hydrogen) atoms. The molecule has 0 atom stereocenters. The number of halogens is 2. The number of nitrogens with zero attached hydrogens (tertiary/aromatic N) is 2. The number of carbonyl (C=O) groups is 1. The zero-order chi connectivity index (χ0) is 20.5. The Kier molecular flexibility index (Phi) is 10.8. The van der Waals surface area contributed by atoms with Crippen molar-refractivity contribution in [3.8, 4) is 0 Å². The second-order valence-corrected chi connectivity index (χ2v) is 8.50. The number of hydrogen-bond donors (Lipinski definition) is 2. The van der Waals surface area contributed by atoms with Gasteiger partial charge in [0.05, 0.1) is 0 Å². The monoisotopic (exact) mass is 558 g/mol. The summed E-state index contributed by atoms with van der Waals surface area (Å²) in [5.41, 5.74) is 2.34. The van der Waals surface area contributed by atoms with Gasteiger partial charge in [-0.2, -0.15) is 0 Å². The summed E-state index contributed by atoms with van der Waals surface area (Å²) in [5.74, 6) is 1.97. The summed E-state index contributed by atoms with van der Waals surface area (Å²) < 4.78 is 0. The highest BCUT2D eigenvalue weighted by Crippen LogP contribution is 2.19. The van der Waals surface area contributed by atoms with Gasteiger partial charge in [0.15, 0.2) is 5.96 Å². The van der Waals surface area contributed by atoms with Crippen molar-refractivity contribution in [2.24, 2.45) is 4.99 Å². The van der Waals surface area contributed by atoms with Crippen molar-refractivity contribution in [1.82, 2.24) is 15.5 Å². The first-order valence-electron chi connectivity index (χ1n) is 9.82. The average Bonchev–Trinajstić information content (AvgIpc) is 3.13. The van der Waals surface area contributed by atoms with Gasteiger partial charge in [-0.15, -0.1) is 35.7 Å². The molecule has 2 aromatic carbocycles. The van der Waals surface area contributed by atoms with E-state index < -0.39 is 0 Å². The van der Waals surface area contributed by atoms with Crippen LogP contribution < -0.4 is 10.6 Å². The summed E-state index contributed by atoms with van der Waals surface area (Å²) in [6.07, 6.45) is 1.65. The summed E-state index contributed by atoms with van der Waals surface area (Å²) >= 11 is 7.69. The van der Waals surface area contributed by atoms with Gasteiger partial charge in [-0.25, -0.2) is 0 Å². The number of amides is 1. The lowest BCUT2D eigenvalue weighted by molar-refractivity contribution is -0.128. The highest BCUT2D eigenvalue weighted by Gasteiger charge is 2.19. The van der Waals surface area contributed by atoms with E-state index in [9.17, 15) is 4.79 Å². The minimum atomic E-state index is 0. The molecule has 2 N–H and O–H groups in total. The maximum atomic E-state index is 11.8. The average molecular weight is 559 g/mol. The van der Waals surface area contributed by atoms with Crippen LogP contribution in [-0.2, 0) is 17.9 Å². The molecular formula is C22H28ClIN4OS. The van der Waals surface area contributed by atoms with Gasteiger partial charge in [0, 0.05) is 55.3 Å². The third kappa shape index (κ3) is 8.00. The van der Waals surface area contributed by atoms with Crippen molar-refractivity contribution >= 4 is 59.2 Å². The quantitative estimate of drug-likeness (QED) is 0.164. The molecular weight excluding hydrogens is 531 g/mol. The van der Waals surface area contributed by atoms with E-state index in [1.807, 2.05) is 35.2 Å². The fraction of sp³-hybridized carbons (Fsp3) is 0.364. The number of guanidine groups is 1. The first kappa shape index (κ1) is 24.8. The lowest BCUT2D eigenvalue weighted by atomic mass is 10.1. The number of thioether (sulfide) groups is 1. The number of nitrogens with one attached hydrogen (secondary N) is 2. The minimum Gasteiger partial charge on any atom is -0.356 e. The van der Waals surface area contributed by atoms with Gasteiger partial charge < -0.3 is 15.5 Å². The fourth-order valence-electron chi connectivity index (χ4n) is 3.21. The molecule has 0 unspecified atom stereocenters. The maximum absolute atomic E-state index is 11.8. The molecule has 0 aliphatic carbocycles. The summed E-state index contributed by atoms with van der Waals surface area (Å²) in [5, 5.41) is 7.45. The third-order valence-electron chi connectivity index (χ3n) is 4.70. The second-order valence-electron chi connectivity index (χ2n) is 6.89. The zero-order valence-electron chi connectivity index (χ0n) is 17.1. The van der Waals surface area contributed by atoms with E-state index in [4.69, 9.17) is 11.6 Å². The highest BCUT2D eigenvalue weighted by atomic mass is 127. The van der Waals surface area contributed by atoms with Gasteiger partial charge in [0.25, 0.3) is 0 Å². The Morgan fingerprint density at radius 3 is 2.63 bits per heavy atom. The molecule has 1 amide bonds. The van der Waals surface area contributed by atoms with Crippen LogP contribution in [0.2, 0.25) is 5.02 Å². The molecule has 162 valence electrons. The van der Waals surface area contributed by atoms with Crippen LogP contribution in [-0.4, -0.2) is 42.7 Å². The van der Waals surface area contributed by atoms with Crippen molar-refractivity contribution in [2.45, 2.75) is 30.8 Å². The number of hydrogen-bond acceptors (Lipinski definition) is 3. The van der Waals surface area contributed by atoms with E-state index in [-0.39, 0.29) is 29.9 Å². The van der Waals surface area contributed by atoms with E-state index in [1.54, 1.807) is 18.8 Å². The van der Waals surface area contributed by atoms with E-state index in [1.165, 1.54) is 16.0 Å². The molecule has 0 radical (unpaired) electrons. The fourth-order valence-corrected chi connectivity index (χ4v) is 4.10. The molecule has 2 aromatic rings. The third-order valence-corrected chi connectivity index (χ3v) is 5.96. The zero-order valence-corrected chi connectivity index (χ0v) is 21.0. The topological polar surface area (TPSA) is 56.7 Å². The maximum Gasteiger partial charge on any atom is 0.222 e. The first-order valence-corrected chi connectivity index (χ1v) is 11.2. The van der Waals surface area contributed by atoms with Gasteiger partial charge in [0.2, 0.25) is 5.91 Å². The number of benzene rings is 2. The Hall–Kier alpha value is -1.45. The molecule has 5 nitrogen and oxygen atoms in total. The first-order chi connectivity index (χ1) is 14.1. The number of rotatable bonds is 8. The van der Waals surface area contributed by atoms with Crippen LogP contribution in [0.25, 0.3) is 0 Å². The van der Waals surface area contributed by atoms with E-state index in [2.05, 4.69) is 33.8 Å². The lowest BCUT2D eigenvalue weighted by Gasteiger charge is -2.16. The van der Waals surface area contributed by atoms with Crippen LogP contribution in [0.15, 0.2) is 58.4 Å². The van der Waals surface area contributed by atoms with Crippen molar-refractivity contribution < 1.29 is 4.79 Å². The number of likely N-dealkylation sites (tertiary alicyclic amines) is 1. The van der Waals surface area contributed by atoms with Crippen LogP contribution in [0, 0.1) is 0 Å². The predicted octanol–water partition coefficient (Wildman–Crippen LogP) is 4.54. The summed E-state index contributed by atoms with van der Waals surface area (Å²) in [6.45, 7) is 3.06. The molecule has 0 saturated carbocycles. The lowest BCUT2D eigenvalue weighted by Crippen LogP contribution is -2.38.